The molecule has 0 unspecified atom stereocenters. The molecule has 0 nitrogen and oxygen atoms in total. The second-order valence-electron chi connectivity index (χ2n) is 3.13. The molecular formula is C13H18Si. The minimum absolute atomic E-state index is 1.09. The van der Waals surface area contributed by atoms with Gasteiger partial charge >= 0.3 is 0 Å². The van der Waals surface area contributed by atoms with Crippen molar-refractivity contribution in [2.24, 2.45) is 0 Å². The van der Waals surface area contributed by atoms with E-state index in [4.69, 9.17) is 0 Å². The van der Waals surface area contributed by atoms with Crippen molar-refractivity contribution in [3.63, 3.8) is 0 Å². The second-order valence-corrected chi connectivity index (χ2v) is 6.19. The molecule has 0 spiro atoms. The lowest BCUT2D eigenvalue weighted by atomic mass is 10.4. The van der Waals surface area contributed by atoms with E-state index in [1.54, 1.807) is 0 Å². The molecule has 74 valence electrons. The van der Waals surface area contributed by atoms with E-state index in [0.29, 0.717) is 0 Å². The first-order valence-corrected chi connectivity index (χ1v) is 7.27. The number of unbranched alkanes of at least 4 members (excludes halogenated alkanes) is 1. The predicted octanol–water partition coefficient (Wildman–Crippen LogP) is 2.92. The summed E-state index contributed by atoms with van der Waals surface area (Å²) >= 11 is 0. The predicted molar refractivity (Wildman–Crippen MR) is 65.8 cm³/mol. The van der Waals surface area contributed by atoms with E-state index < -0.39 is 8.07 Å². The number of rotatable bonds is 3. The summed E-state index contributed by atoms with van der Waals surface area (Å²) in [7, 11) is -1.90. The fourth-order valence-electron chi connectivity index (χ4n) is 1.36. The fraction of sp³-hybridized carbons (Fsp3) is 0.538. The van der Waals surface area contributed by atoms with Crippen LogP contribution in [-0.2, 0) is 0 Å². The molecular weight excluding hydrogens is 184 g/mol. The molecule has 0 fully saturated rings. The number of hydrogen-bond donors (Lipinski definition) is 0. The van der Waals surface area contributed by atoms with Crippen LogP contribution in [0.15, 0.2) is 0 Å². The highest BCUT2D eigenvalue weighted by Gasteiger charge is 2.26. The van der Waals surface area contributed by atoms with Gasteiger partial charge < -0.3 is 0 Å². The molecule has 0 aliphatic carbocycles. The maximum atomic E-state index is 3.27. The second kappa shape index (κ2) is 7.31. The molecule has 1 heteroatoms. The molecule has 0 atom stereocenters. The zero-order chi connectivity index (χ0) is 10.9. The van der Waals surface area contributed by atoms with E-state index in [-0.39, 0.29) is 0 Å². The summed E-state index contributed by atoms with van der Waals surface area (Å²) in [6.45, 7) is 7.82. The third-order valence-electron chi connectivity index (χ3n) is 1.92. The van der Waals surface area contributed by atoms with Gasteiger partial charge in [-0.05, 0) is 26.8 Å². The first-order valence-electron chi connectivity index (χ1n) is 5.06. The van der Waals surface area contributed by atoms with Crippen LogP contribution in [0.25, 0.3) is 0 Å². The van der Waals surface area contributed by atoms with Crippen LogP contribution in [0.3, 0.4) is 0 Å². The van der Waals surface area contributed by atoms with Gasteiger partial charge in [0.15, 0.2) is 0 Å². The normalized spacial score (nSPS) is 8.57. The largest absolute Gasteiger partial charge is 0.290 e. The average molecular weight is 202 g/mol. The summed E-state index contributed by atoms with van der Waals surface area (Å²) in [6, 6.07) is 1.09. The Bertz CT molecular complexity index is 282. The van der Waals surface area contributed by atoms with Crippen molar-refractivity contribution in [2.45, 2.75) is 46.6 Å². The van der Waals surface area contributed by atoms with Gasteiger partial charge in [0.25, 0.3) is 8.07 Å². The lowest BCUT2D eigenvalue weighted by Crippen LogP contribution is -2.29. The monoisotopic (exact) mass is 202 g/mol. The molecule has 0 N–H and O–H groups in total. The third kappa shape index (κ3) is 4.22. The van der Waals surface area contributed by atoms with Gasteiger partial charge in [-0.25, -0.2) is 0 Å². The first kappa shape index (κ1) is 12.9. The van der Waals surface area contributed by atoms with Crippen LogP contribution in [0.2, 0.25) is 6.04 Å². The Morgan fingerprint density at radius 1 is 0.857 bits per heavy atom. The molecule has 0 aromatic carbocycles. The summed E-state index contributed by atoms with van der Waals surface area (Å²) in [5, 5.41) is 0. The molecule has 14 heavy (non-hydrogen) atoms. The Hall–Kier alpha value is -1.10. The van der Waals surface area contributed by atoms with Crippen molar-refractivity contribution in [1.29, 1.82) is 0 Å². The smallest absolute Gasteiger partial charge is 0.111 e. The van der Waals surface area contributed by atoms with Crippen molar-refractivity contribution < 1.29 is 0 Å². The van der Waals surface area contributed by atoms with E-state index in [1.165, 1.54) is 12.8 Å². The Kier molecular flexibility index (Phi) is 6.74. The lowest BCUT2D eigenvalue weighted by Gasteiger charge is -2.11. The Morgan fingerprint density at radius 3 is 1.57 bits per heavy atom. The molecule has 0 heterocycles. The first-order chi connectivity index (χ1) is 6.74. The molecule has 0 amide bonds. The molecule has 0 aromatic rings. The summed E-state index contributed by atoms with van der Waals surface area (Å²) < 4.78 is 0. The van der Waals surface area contributed by atoms with E-state index >= 15 is 0 Å². The minimum atomic E-state index is -1.90. The zero-order valence-electron chi connectivity index (χ0n) is 9.62. The van der Waals surface area contributed by atoms with Gasteiger partial charge in [-0.2, -0.15) is 0 Å². The molecule has 0 saturated heterocycles. The fourth-order valence-corrected chi connectivity index (χ4v) is 4.09. The van der Waals surface area contributed by atoms with Crippen LogP contribution in [-0.4, -0.2) is 8.07 Å². The van der Waals surface area contributed by atoms with Crippen LogP contribution >= 0.6 is 0 Å². The van der Waals surface area contributed by atoms with Crippen molar-refractivity contribution in [3.05, 3.63) is 0 Å². The van der Waals surface area contributed by atoms with Crippen molar-refractivity contribution in [3.8, 4) is 34.4 Å². The summed E-state index contributed by atoms with van der Waals surface area (Å²) in [5.41, 5.74) is 9.82. The van der Waals surface area contributed by atoms with Gasteiger partial charge in [-0.15, -0.1) is 34.4 Å². The topological polar surface area (TPSA) is 0 Å². The van der Waals surface area contributed by atoms with Gasteiger partial charge in [-0.3, -0.25) is 0 Å². The van der Waals surface area contributed by atoms with Crippen LogP contribution in [0.1, 0.15) is 40.5 Å². The Balaban J connectivity index is 4.94. The maximum absolute atomic E-state index is 3.27. The molecule has 0 aliphatic rings. The van der Waals surface area contributed by atoms with Gasteiger partial charge in [0, 0.05) is 0 Å². The molecule has 0 aliphatic heterocycles. The molecule has 0 aromatic heterocycles. The highest BCUT2D eigenvalue weighted by atomic mass is 28.3. The number of hydrogen-bond acceptors (Lipinski definition) is 0. The summed E-state index contributed by atoms with van der Waals surface area (Å²) in [5.74, 6) is 8.98. The van der Waals surface area contributed by atoms with E-state index in [2.05, 4.69) is 41.3 Å². The van der Waals surface area contributed by atoms with E-state index in [0.717, 1.165) is 6.04 Å². The zero-order valence-corrected chi connectivity index (χ0v) is 10.6. The summed E-state index contributed by atoms with van der Waals surface area (Å²) in [4.78, 5) is 0. The molecule has 0 radical (unpaired) electrons. The third-order valence-corrected chi connectivity index (χ3v) is 5.05. The molecule has 0 rings (SSSR count). The SMILES string of the molecule is CC#C[Si](C#CC)(C#CC)CCCC. The molecule has 0 saturated carbocycles. The molecule has 0 bridgehead atoms. The Morgan fingerprint density at radius 2 is 1.29 bits per heavy atom. The highest BCUT2D eigenvalue weighted by molar-refractivity contribution is 7.00. The van der Waals surface area contributed by atoms with Crippen molar-refractivity contribution in [1.82, 2.24) is 0 Å². The summed E-state index contributed by atoms with van der Waals surface area (Å²) in [6.07, 6.45) is 2.38. The quantitative estimate of drug-likeness (QED) is 0.487. The van der Waals surface area contributed by atoms with E-state index in [1.807, 2.05) is 20.8 Å². The highest BCUT2D eigenvalue weighted by Crippen LogP contribution is 2.11. The maximum Gasteiger partial charge on any atom is 0.290 e. The van der Waals surface area contributed by atoms with Gasteiger partial charge in [0.2, 0.25) is 0 Å². The van der Waals surface area contributed by atoms with Crippen LogP contribution in [0.4, 0.5) is 0 Å². The Labute approximate surface area is 89.5 Å². The van der Waals surface area contributed by atoms with Crippen LogP contribution in [0, 0.1) is 34.4 Å². The lowest BCUT2D eigenvalue weighted by molar-refractivity contribution is 0.875. The van der Waals surface area contributed by atoms with E-state index in [9.17, 15) is 0 Å². The van der Waals surface area contributed by atoms with Crippen LogP contribution in [0.5, 0.6) is 0 Å². The minimum Gasteiger partial charge on any atom is -0.111 e. The van der Waals surface area contributed by atoms with Gasteiger partial charge in [-0.1, -0.05) is 19.8 Å². The van der Waals surface area contributed by atoms with Gasteiger partial charge in [0.05, 0.1) is 0 Å². The van der Waals surface area contributed by atoms with Crippen molar-refractivity contribution in [2.75, 3.05) is 0 Å². The van der Waals surface area contributed by atoms with Gasteiger partial charge in [0.1, 0.15) is 0 Å². The van der Waals surface area contributed by atoms with Crippen LogP contribution < -0.4 is 0 Å². The standard InChI is InChI=1S/C13H18Si/c1-5-9-13-14(10-6-2,11-7-3)12-8-4/h5,9,13H2,1-4H3. The average Bonchev–Trinajstić information content (AvgIpc) is 2.16. The van der Waals surface area contributed by atoms with Crippen molar-refractivity contribution >= 4 is 8.07 Å².